The monoisotopic (exact) mass is 404 g/mol. The molecule has 2 aromatic carbocycles. The van der Waals surface area contributed by atoms with E-state index in [1.54, 1.807) is 6.07 Å². The van der Waals surface area contributed by atoms with Crippen molar-refractivity contribution in [3.8, 4) is 0 Å². The van der Waals surface area contributed by atoms with Crippen molar-refractivity contribution in [2.45, 2.75) is 38.0 Å². The fraction of sp³-hybridized carbons (Fsp3) is 0.273. The molecule has 1 aromatic heterocycles. The number of hydrogen-bond donors (Lipinski definition) is 3. The van der Waals surface area contributed by atoms with Gasteiger partial charge in [0.15, 0.2) is 5.13 Å². The molecule has 0 radical (unpaired) electrons. The number of nitrogen functional groups attached to an aromatic ring is 1. The van der Waals surface area contributed by atoms with Crippen molar-refractivity contribution < 1.29 is 22.2 Å². The molecule has 0 aliphatic heterocycles. The Labute approximate surface area is 181 Å². The molecule has 0 spiro atoms. The average Bonchev–Trinajstić information content (AvgIpc) is 3.26. The maximum atomic E-state index is 12.5. The number of aromatic nitrogens is 1. The van der Waals surface area contributed by atoms with E-state index < -0.39 is 43.9 Å². The molecule has 0 aliphatic carbocycles. The third kappa shape index (κ3) is 6.18. The number of benzene rings is 2. The Balaban J connectivity index is 1.78. The molecule has 28 heavy (non-hydrogen) atoms. The fourth-order valence-corrected chi connectivity index (χ4v) is 2.73. The van der Waals surface area contributed by atoms with Crippen LogP contribution in [0, 0.1) is 0 Å². The first-order chi connectivity index (χ1) is 16.9. The van der Waals surface area contributed by atoms with Crippen LogP contribution in [-0.2, 0) is 17.5 Å². The molecule has 0 saturated heterocycles. The summed E-state index contributed by atoms with van der Waals surface area (Å²) in [7, 11) is 0. The normalized spacial score (nSPS) is 19.8. The Hall–Kier alpha value is -2.70. The highest BCUT2D eigenvalue weighted by Gasteiger charge is 2.08. The smallest absolute Gasteiger partial charge is 0.230 e. The van der Waals surface area contributed by atoms with Crippen LogP contribution < -0.4 is 11.1 Å². The van der Waals surface area contributed by atoms with Crippen LogP contribution in [0.25, 0.3) is 0 Å². The number of aryl methyl sites for hydroxylation is 1. The topological polar surface area (TPSA) is 88.2 Å². The van der Waals surface area contributed by atoms with Gasteiger partial charge in [-0.25, -0.2) is 4.98 Å². The summed E-state index contributed by atoms with van der Waals surface area (Å²) in [6.45, 7) is 0. The molecule has 146 valence electrons. The number of carbonyl (C=O) groups excluding carboxylic acids is 1. The summed E-state index contributed by atoms with van der Waals surface area (Å²) in [5.41, 5.74) is 5.17. The summed E-state index contributed by atoms with van der Waals surface area (Å²) in [6.07, 6.45) is -15.0. The van der Waals surface area contributed by atoms with Crippen LogP contribution >= 0.6 is 11.3 Å². The Bertz CT molecular complexity index is 1250. The summed E-state index contributed by atoms with van der Waals surface area (Å²) in [4.78, 5) is 16.3. The first kappa shape index (κ1) is 11.3. The molecule has 0 bridgehead atoms. The van der Waals surface area contributed by atoms with Gasteiger partial charge in [-0.15, -0.1) is 11.3 Å². The Kier molecular flexibility index (Phi) is 4.05. The molecule has 1 atom stereocenters. The second-order valence-corrected chi connectivity index (χ2v) is 6.49. The largest absolute Gasteiger partial charge is 0.388 e. The van der Waals surface area contributed by atoms with E-state index in [2.05, 4.69) is 10.3 Å². The third-order valence-corrected chi connectivity index (χ3v) is 4.20. The van der Waals surface area contributed by atoms with E-state index in [4.69, 9.17) is 18.1 Å². The number of rotatable bonds is 9. The number of thiazole rings is 1. The molecule has 0 aliphatic rings. The van der Waals surface area contributed by atoms with Crippen LogP contribution in [-0.4, -0.2) is 16.0 Å². The molecule has 3 rings (SSSR count). The lowest BCUT2D eigenvalue weighted by Crippen LogP contribution is -2.14. The predicted octanol–water partition coefficient (Wildman–Crippen LogP) is 4.35. The summed E-state index contributed by atoms with van der Waals surface area (Å²) in [6, 6.07) is 12.1. The van der Waals surface area contributed by atoms with Crippen LogP contribution in [0.4, 0.5) is 10.8 Å². The predicted molar refractivity (Wildman–Crippen MR) is 114 cm³/mol. The SMILES string of the molecule is [2H]C([2H])(C(=O)Nc1ccc(C([2H])([2H])C([2H])([2H])CC([2H])([2H])[C@]([2H])(O)c2ccccc2)cc1)c1csc(N)n1. The van der Waals surface area contributed by atoms with Crippen molar-refractivity contribution in [3.63, 3.8) is 0 Å². The van der Waals surface area contributed by atoms with E-state index in [1.807, 2.05) is 0 Å². The number of nitrogens with one attached hydrogen (secondary N) is 1. The van der Waals surface area contributed by atoms with E-state index in [1.165, 1.54) is 53.9 Å². The minimum Gasteiger partial charge on any atom is -0.388 e. The lowest BCUT2D eigenvalue weighted by atomic mass is 10.0. The van der Waals surface area contributed by atoms with Gasteiger partial charge in [-0.1, -0.05) is 48.9 Å². The van der Waals surface area contributed by atoms with E-state index in [-0.39, 0.29) is 27.6 Å². The maximum absolute atomic E-state index is 12.5. The summed E-state index contributed by atoms with van der Waals surface area (Å²) in [5.74, 6) is -1.03. The molecule has 4 N–H and O–H groups in total. The van der Waals surface area contributed by atoms with Crippen LogP contribution in [0.5, 0.6) is 0 Å². The van der Waals surface area contributed by atoms with Crippen molar-refractivity contribution in [2.24, 2.45) is 0 Å². The van der Waals surface area contributed by atoms with Gasteiger partial charge in [0.2, 0.25) is 5.91 Å². The number of carbonyl (C=O) groups is 1. The van der Waals surface area contributed by atoms with Crippen molar-refractivity contribution in [1.29, 1.82) is 0 Å². The molecule has 6 heteroatoms. The number of anilines is 2. The van der Waals surface area contributed by atoms with Gasteiger partial charge in [-0.05, 0) is 42.4 Å². The second-order valence-electron chi connectivity index (χ2n) is 5.60. The van der Waals surface area contributed by atoms with Gasteiger partial charge in [0.05, 0.1) is 19.5 Å². The molecule has 5 nitrogen and oxygen atoms in total. The zero-order valence-corrected chi connectivity index (χ0v) is 15.6. The van der Waals surface area contributed by atoms with Gasteiger partial charge < -0.3 is 16.2 Å². The second kappa shape index (κ2) is 10.0. The van der Waals surface area contributed by atoms with Gasteiger partial charge in [0, 0.05) is 22.0 Å². The number of nitrogens with two attached hydrogens (primary N) is 1. The minimum absolute atomic E-state index is 0.100. The van der Waals surface area contributed by atoms with E-state index in [0.717, 1.165) is 11.3 Å². The highest BCUT2D eigenvalue weighted by Crippen LogP contribution is 2.20. The van der Waals surface area contributed by atoms with Gasteiger partial charge in [0.25, 0.3) is 0 Å². The summed E-state index contributed by atoms with van der Waals surface area (Å²) < 4.78 is 74.1. The van der Waals surface area contributed by atoms with Crippen molar-refractivity contribution >= 4 is 28.1 Å². The Morgan fingerprint density at radius 1 is 1.25 bits per heavy atom. The van der Waals surface area contributed by atoms with Crippen molar-refractivity contribution in [3.05, 3.63) is 76.8 Å². The van der Waals surface area contributed by atoms with Gasteiger partial charge >= 0.3 is 0 Å². The van der Waals surface area contributed by atoms with Crippen LogP contribution in [0.15, 0.2) is 60.0 Å². The van der Waals surface area contributed by atoms with E-state index in [0.29, 0.717) is 0 Å². The van der Waals surface area contributed by atoms with Crippen LogP contribution in [0.3, 0.4) is 0 Å². The fourth-order valence-electron chi connectivity index (χ4n) is 2.23. The third-order valence-electron chi connectivity index (χ3n) is 3.53. The average molecular weight is 405 g/mol. The Morgan fingerprint density at radius 3 is 2.68 bits per heavy atom. The first-order valence-corrected chi connectivity index (χ1v) is 9.21. The number of aliphatic hydroxyl groups is 1. The maximum Gasteiger partial charge on any atom is 0.230 e. The van der Waals surface area contributed by atoms with Crippen molar-refractivity contribution in [2.75, 3.05) is 11.1 Å². The van der Waals surface area contributed by atoms with E-state index >= 15 is 0 Å². The summed E-state index contributed by atoms with van der Waals surface area (Å²) >= 11 is 0.981. The molecule has 0 saturated carbocycles. The van der Waals surface area contributed by atoms with Gasteiger partial charge in [-0.2, -0.15) is 0 Å². The highest BCUT2D eigenvalue weighted by atomic mass is 32.1. The lowest BCUT2D eigenvalue weighted by molar-refractivity contribution is -0.115. The number of amides is 1. The molecule has 1 heterocycles. The summed E-state index contributed by atoms with van der Waals surface area (Å²) in [5, 5.41) is 14.4. The highest BCUT2D eigenvalue weighted by molar-refractivity contribution is 7.13. The molecule has 3 aromatic rings. The standard InChI is InChI=1S/C22H25N3O2S/c23-22-25-19(15-28-22)14-21(27)24-18-12-10-16(11-13-18)6-4-5-9-20(26)17-7-2-1-3-8-17/h1-3,7-8,10-13,15,20,26H,4-6,9,14H2,(H2,23,25)(H,24,27)/t20-/m0/s1/i4D2,6D2,9D2,14D2,20D. The van der Waals surface area contributed by atoms with Crippen LogP contribution in [0.1, 0.15) is 54.4 Å². The Morgan fingerprint density at radius 2 is 2.00 bits per heavy atom. The van der Waals surface area contributed by atoms with Crippen LogP contribution in [0.2, 0.25) is 0 Å². The van der Waals surface area contributed by atoms with Gasteiger partial charge in [-0.3, -0.25) is 4.79 Å². The first-order valence-electron chi connectivity index (χ1n) is 12.8. The molecule has 0 fully saturated rings. The minimum atomic E-state index is -2.87. The number of nitrogens with zero attached hydrogens (tertiary/aromatic N) is 1. The lowest BCUT2D eigenvalue weighted by Gasteiger charge is -2.10. The molecular weight excluding hydrogens is 370 g/mol. The zero-order valence-electron chi connectivity index (χ0n) is 23.8. The van der Waals surface area contributed by atoms with E-state index in [9.17, 15) is 9.90 Å². The molecule has 1 amide bonds. The zero-order chi connectivity index (χ0) is 27.9. The van der Waals surface area contributed by atoms with Gasteiger partial charge in [0.1, 0.15) is 0 Å². The van der Waals surface area contributed by atoms with Crippen molar-refractivity contribution in [1.82, 2.24) is 4.98 Å². The quantitative estimate of drug-likeness (QED) is 0.495. The molecule has 0 unspecified atom stereocenters. The molecular formula is C22H25N3O2S. The number of hydrogen-bond acceptors (Lipinski definition) is 5.